The van der Waals surface area contributed by atoms with Gasteiger partial charge in [0.2, 0.25) is 0 Å². The van der Waals surface area contributed by atoms with Crippen molar-refractivity contribution in [1.82, 2.24) is 4.98 Å². The molecule has 0 saturated carbocycles. The number of fused-ring (bicyclic) bond motifs is 1. The lowest BCUT2D eigenvalue weighted by atomic mass is 10.2. The highest BCUT2D eigenvalue weighted by atomic mass is 79.9. The number of benzene rings is 1. The number of nitrogens with one attached hydrogen (secondary N) is 1. The smallest absolute Gasteiger partial charge is 0.340 e. The van der Waals surface area contributed by atoms with Gasteiger partial charge in [-0.3, -0.25) is 9.78 Å². The molecule has 2 heterocycles. The quantitative estimate of drug-likeness (QED) is 0.785. The molecule has 1 aromatic heterocycles. The third-order valence-corrected chi connectivity index (χ3v) is 3.84. The minimum Gasteiger partial charge on any atom is -0.486 e. The molecule has 0 spiro atoms. The van der Waals surface area contributed by atoms with Crippen molar-refractivity contribution in [2.24, 2.45) is 0 Å². The number of aromatic nitrogens is 1. The highest BCUT2D eigenvalue weighted by Crippen LogP contribution is 2.32. The number of pyridine rings is 1. The molecule has 2 aromatic rings. The Kier molecular flexibility index (Phi) is 5.18. The van der Waals surface area contributed by atoms with Gasteiger partial charge in [-0.2, -0.15) is 0 Å². The van der Waals surface area contributed by atoms with Crippen molar-refractivity contribution in [3.63, 3.8) is 0 Å². The van der Waals surface area contributed by atoms with E-state index in [0.29, 0.717) is 34.9 Å². The summed E-state index contributed by atoms with van der Waals surface area (Å²) in [6.07, 6.45) is 1.95. The molecule has 1 aliphatic heterocycles. The zero-order valence-electron chi connectivity index (χ0n) is 13.3. The van der Waals surface area contributed by atoms with Crippen LogP contribution in [0.2, 0.25) is 0 Å². The number of halogens is 1. The normalized spacial score (nSPS) is 13.7. The van der Waals surface area contributed by atoms with E-state index in [2.05, 4.69) is 26.2 Å². The molecule has 7 nitrogen and oxygen atoms in total. The maximum absolute atomic E-state index is 12.2. The highest BCUT2D eigenvalue weighted by Gasteiger charge is 2.20. The molecule has 1 aromatic carbocycles. The maximum atomic E-state index is 12.2. The molecule has 3 rings (SSSR count). The molecule has 0 unspecified atom stereocenters. The minimum absolute atomic E-state index is 0.258. The summed E-state index contributed by atoms with van der Waals surface area (Å²) in [6, 6.07) is 6.64. The first-order valence-corrected chi connectivity index (χ1v) is 8.34. The molecule has 8 heteroatoms. The number of rotatable bonds is 4. The minimum atomic E-state index is -0.973. The molecule has 1 aliphatic rings. The Labute approximate surface area is 152 Å². The van der Waals surface area contributed by atoms with Crippen molar-refractivity contribution in [2.45, 2.75) is 13.0 Å². The van der Waals surface area contributed by atoms with E-state index in [1.54, 1.807) is 30.5 Å². The molecule has 25 heavy (non-hydrogen) atoms. The van der Waals surface area contributed by atoms with E-state index in [0.717, 1.165) is 0 Å². The summed E-state index contributed by atoms with van der Waals surface area (Å²) < 4.78 is 16.7. The Bertz CT molecular complexity index is 811. The fourth-order valence-electron chi connectivity index (χ4n) is 2.17. The van der Waals surface area contributed by atoms with Gasteiger partial charge >= 0.3 is 5.97 Å². The van der Waals surface area contributed by atoms with Crippen LogP contribution in [-0.2, 0) is 9.53 Å². The average Bonchev–Trinajstić information content (AvgIpc) is 2.61. The largest absolute Gasteiger partial charge is 0.486 e. The van der Waals surface area contributed by atoms with E-state index in [1.807, 2.05) is 0 Å². The molecular weight excluding hydrogens is 392 g/mol. The second kappa shape index (κ2) is 7.52. The summed E-state index contributed by atoms with van der Waals surface area (Å²) >= 11 is 3.23. The van der Waals surface area contributed by atoms with Gasteiger partial charge in [0.15, 0.2) is 17.6 Å². The van der Waals surface area contributed by atoms with E-state index < -0.39 is 18.0 Å². The highest BCUT2D eigenvalue weighted by molar-refractivity contribution is 9.10. The van der Waals surface area contributed by atoms with E-state index >= 15 is 0 Å². The van der Waals surface area contributed by atoms with Crippen LogP contribution in [0.5, 0.6) is 11.5 Å². The second-order valence-corrected chi connectivity index (χ2v) is 6.20. The predicted octanol–water partition coefficient (Wildman–Crippen LogP) is 2.80. The fourth-order valence-corrected chi connectivity index (χ4v) is 2.54. The number of ether oxygens (including phenoxy) is 3. The predicted molar refractivity (Wildman–Crippen MR) is 92.9 cm³/mol. The number of carbonyl (C=O) groups is 2. The van der Waals surface area contributed by atoms with Gasteiger partial charge in [-0.15, -0.1) is 0 Å². The molecule has 1 amide bonds. The Morgan fingerprint density at radius 2 is 1.96 bits per heavy atom. The lowest BCUT2D eigenvalue weighted by Crippen LogP contribution is -2.30. The summed E-state index contributed by atoms with van der Waals surface area (Å²) in [4.78, 5) is 28.2. The topological polar surface area (TPSA) is 86.8 Å². The summed E-state index contributed by atoms with van der Waals surface area (Å²) in [6.45, 7) is 2.45. The molecule has 0 saturated heterocycles. The first-order valence-electron chi connectivity index (χ1n) is 7.55. The van der Waals surface area contributed by atoms with Crippen molar-refractivity contribution in [1.29, 1.82) is 0 Å². The molecule has 1 atom stereocenters. The zero-order chi connectivity index (χ0) is 17.8. The Balaban J connectivity index is 1.62. The SMILES string of the molecule is C[C@@H](OC(=O)c1cncc(Br)c1)C(=O)Nc1ccc2c(c1)OCCO2. The second-order valence-electron chi connectivity index (χ2n) is 5.29. The molecule has 130 valence electrons. The number of nitrogens with zero attached hydrogens (tertiary/aromatic N) is 1. The monoisotopic (exact) mass is 406 g/mol. The van der Waals surface area contributed by atoms with Crippen molar-refractivity contribution < 1.29 is 23.8 Å². The molecule has 1 N–H and O–H groups in total. The van der Waals surface area contributed by atoms with Gasteiger partial charge in [0.05, 0.1) is 5.56 Å². The van der Waals surface area contributed by atoms with E-state index in [4.69, 9.17) is 14.2 Å². The Morgan fingerprint density at radius 1 is 1.20 bits per heavy atom. The van der Waals surface area contributed by atoms with Gasteiger partial charge in [-0.1, -0.05) is 0 Å². The van der Waals surface area contributed by atoms with Gasteiger partial charge in [-0.05, 0) is 41.1 Å². The van der Waals surface area contributed by atoms with E-state index in [1.165, 1.54) is 13.1 Å². The van der Waals surface area contributed by atoms with Crippen LogP contribution in [0.1, 0.15) is 17.3 Å². The van der Waals surface area contributed by atoms with Crippen molar-refractivity contribution in [3.8, 4) is 11.5 Å². The molecule has 0 radical (unpaired) electrons. The van der Waals surface area contributed by atoms with Gasteiger partial charge in [0, 0.05) is 28.6 Å². The molecule has 0 aliphatic carbocycles. The van der Waals surface area contributed by atoms with Crippen molar-refractivity contribution >= 4 is 33.5 Å². The third-order valence-electron chi connectivity index (χ3n) is 3.40. The molecular formula is C17H15BrN2O5. The van der Waals surface area contributed by atoms with Crippen molar-refractivity contribution in [2.75, 3.05) is 18.5 Å². The Hall–Kier alpha value is -2.61. The molecule has 0 bridgehead atoms. The van der Waals surface area contributed by atoms with Crippen LogP contribution in [0.15, 0.2) is 41.1 Å². The standard InChI is InChI=1S/C17H15BrN2O5/c1-10(25-17(22)11-6-12(18)9-19-8-11)16(21)20-13-2-3-14-15(7-13)24-5-4-23-14/h2-3,6-10H,4-5H2,1H3,(H,20,21)/t10-/m1/s1. The van der Waals surface area contributed by atoms with Crippen LogP contribution >= 0.6 is 15.9 Å². The molecule has 0 fully saturated rings. The first kappa shape index (κ1) is 17.2. The van der Waals surface area contributed by atoms with Crippen LogP contribution in [-0.4, -0.2) is 36.2 Å². The average molecular weight is 407 g/mol. The van der Waals surface area contributed by atoms with Crippen LogP contribution in [0.4, 0.5) is 5.69 Å². The lowest BCUT2D eigenvalue weighted by Gasteiger charge is -2.19. The van der Waals surface area contributed by atoms with Gasteiger partial charge < -0.3 is 19.5 Å². The maximum Gasteiger partial charge on any atom is 0.340 e. The zero-order valence-corrected chi connectivity index (χ0v) is 14.9. The summed E-state index contributed by atoms with van der Waals surface area (Å²) in [5.41, 5.74) is 0.787. The van der Waals surface area contributed by atoms with Crippen LogP contribution in [0, 0.1) is 0 Å². The summed E-state index contributed by atoms with van der Waals surface area (Å²) in [7, 11) is 0. The third kappa shape index (κ3) is 4.27. The number of anilines is 1. The Morgan fingerprint density at radius 3 is 2.72 bits per heavy atom. The summed E-state index contributed by atoms with van der Waals surface area (Å²) in [5, 5.41) is 2.68. The van der Waals surface area contributed by atoms with Gasteiger partial charge in [0.25, 0.3) is 5.91 Å². The van der Waals surface area contributed by atoms with Gasteiger partial charge in [-0.25, -0.2) is 4.79 Å². The van der Waals surface area contributed by atoms with Crippen LogP contribution < -0.4 is 14.8 Å². The number of esters is 1. The first-order chi connectivity index (χ1) is 12.0. The van der Waals surface area contributed by atoms with E-state index in [-0.39, 0.29) is 5.56 Å². The fraction of sp³-hybridized carbons (Fsp3) is 0.235. The van der Waals surface area contributed by atoms with Crippen LogP contribution in [0.25, 0.3) is 0 Å². The van der Waals surface area contributed by atoms with Crippen molar-refractivity contribution in [3.05, 3.63) is 46.7 Å². The summed E-state index contributed by atoms with van der Waals surface area (Å²) in [5.74, 6) is 0.117. The van der Waals surface area contributed by atoms with Gasteiger partial charge in [0.1, 0.15) is 13.2 Å². The number of carbonyl (C=O) groups excluding carboxylic acids is 2. The number of hydrogen-bond donors (Lipinski definition) is 1. The number of amides is 1. The van der Waals surface area contributed by atoms with Crippen LogP contribution in [0.3, 0.4) is 0 Å². The van der Waals surface area contributed by atoms with E-state index in [9.17, 15) is 9.59 Å². The lowest BCUT2D eigenvalue weighted by molar-refractivity contribution is -0.123. The number of hydrogen-bond acceptors (Lipinski definition) is 6.